The Labute approximate surface area is 135 Å². The molecule has 0 heterocycles. The van der Waals surface area contributed by atoms with Crippen LogP contribution in [-0.2, 0) is 11.4 Å². The quantitative estimate of drug-likeness (QED) is 0.845. The summed E-state index contributed by atoms with van der Waals surface area (Å²) in [6.45, 7) is -0.238. The Balaban J connectivity index is 1.90. The van der Waals surface area contributed by atoms with E-state index in [1.807, 2.05) is 12.1 Å². The van der Waals surface area contributed by atoms with Gasteiger partial charge in [-0.25, -0.2) is 0 Å². The topological polar surface area (TPSA) is 58.6 Å². The summed E-state index contributed by atoms with van der Waals surface area (Å²) in [5.74, 6) is 0.124. The van der Waals surface area contributed by atoms with Crippen LogP contribution in [0.2, 0.25) is 5.02 Å². The van der Waals surface area contributed by atoms with Crippen LogP contribution in [-0.4, -0.2) is 17.6 Å². The van der Waals surface area contributed by atoms with Gasteiger partial charge >= 0.3 is 0 Å². The van der Waals surface area contributed by atoms with Crippen LogP contribution in [0.3, 0.4) is 0 Å². The van der Waals surface area contributed by atoms with Gasteiger partial charge in [-0.2, -0.15) is 0 Å². The Hall–Kier alpha value is -1.56. The molecule has 0 unspecified atom stereocenters. The molecule has 2 N–H and O–H groups in total. The van der Waals surface area contributed by atoms with Gasteiger partial charge in [-0.05, 0) is 42.0 Å². The molecule has 0 aliphatic rings. The lowest BCUT2D eigenvalue weighted by Gasteiger charge is -2.09. The fourth-order valence-corrected chi connectivity index (χ4v) is 2.16. The second-order valence-electron chi connectivity index (χ2n) is 4.27. The SMILES string of the molecule is O=C(COc1ccc(CO)cc1Cl)Nc1ccc(Br)cc1. The maximum absolute atomic E-state index is 11.8. The molecule has 0 spiro atoms. The van der Waals surface area contributed by atoms with Crippen LogP contribution >= 0.6 is 27.5 Å². The Morgan fingerprint density at radius 3 is 2.57 bits per heavy atom. The number of carbonyl (C=O) groups excluding carboxylic acids is 1. The van der Waals surface area contributed by atoms with E-state index in [1.54, 1.807) is 30.3 Å². The van der Waals surface area contributed by atoms with Crippen LogP contribution in [0.1, 0.15) is 5.56 Å². The van der Waals surface area contributed by atoms with E-state index in [2.05, 4.69) is 21.2 Å². The van der Waals surface area contributed by atoms with E-state index in [0.29, 0.717) is 22.0 Å². The van der Waals surface area contributed by atoms with Crippen molar-refractivity contribution in [3.05, 3.63) is 57.5 Å². The van der Waals surface area contributed by atoms with Crippen molar-refractivity contribution in [1.29, 1.82) is 0 Å². The van der Waals surface area contributed by atoms with E-state index in [-0.39, 0.29) is 19.1 Å². The maximum atomic E-state index is 11.8. The van der Waals surface area contributed by atoms with Crippen molar-refractivity contribution in [2.45, 2.75) is 6.61 Å². The molecule has 0 saturated carbocycles. The van der Waals surface area contributed by atoms with E-state index in [9.17, 15) is 4.79 Å². The van der Waals surface area contributed by atoms with E-state index in [4.69, 9.17) is 21.4 Å². The number of nitrogens with one attached hydrogen (secondary N) is 1. The Kier molecular flexibility index (Phi) is 5.61. The van der Waals surface area contributed by atoms with Crippen LogP contribution in [0.15, 0.2) is 46.9 Å². The van der Waals surface area contributed by atoms with Crippen molar-refractivity contribution in [2.24, 2.45) is 0 Å². The number of amides is 1. The molecule has 0 bridgehead atoms. The lowest BCUT2D eigenvalue weighted by molar-refractivity contribution is -0.118. The van der Waals surface area contributed by atoms with Gasteiger partial charge in [0.05, 0.1) is 11.6 Å². The first-order valence-electron chi connectivity index (χ1n) is 6.16. The molecule has 1 amide bonds. The number of halogens is 2. The van der Waals surface area contributed by atoms with E-state index in [1.165, 1.54) is 0 Å². The number of aliphatic hydroxyl groups is 1. The number of hydrogen-bond acceptors (Lipinski definition) is 3. The second-order valence-corrected chi connectivity index (χ2v) is 5.59. The van der Waals surface area contributed by atoms with Crippen LogP contribution in [0.25, 0.3) is 0 Å². The average Bonchev–Trinajstić information content (AvgIpc) is 2.48. The number of benzene rings is 2. The number of carbonyl (C=O) groups is 1. The van der Waals surface area contributed by atoms with Crippen LogP contribution in [0, 0.1) is 0 Å². The molecule has 110 valence electrons. The third kappa shape index (κ3) is 4.74. The summed E-state index contributed by atoms with van der Waals surface area (Å²) in [7, 11) is 0. The fraction of sp³-hybridized carbons (Fsp3) is 0.133. The molecule has 0 aromatic heterocycles. The smallest absolute Gasteiger partial charge is 0.262 e. The molecule has 4 nitrogen and oxygen atoms in total. The molecule has 0 fully saturated rings. The normalized spacial score (nSPS) is 10.2. The van der Waals surface area contributed by atoms with Gasteiger partial charge in [-0.3, -0.25) is 4.79 Å². The molecule has 0 atom stereocenters. The largest absolute Gasteiger partial charge is 0.482 e. The zero-order valence-corrected chi connectivity index (χ0v) is 13.3. The molecule has 2 aromatic carbocycles. The first kappa shape index (κ1) is 15.8. The Morgan fingerprint density at radius 1 is 1.24 bits per heavy atom. The Morgan fingerprint density at radius 2 is 1.95 bits per heavy atom. The summed E-state index contributed by atoms with van der Waals surface area (Å²) < 4.78 is 6.30. The second kappa shape index (κ2) is 7.45. The minimum atomic E-state index is -0.278. The van der Waals surface area contributed by atoms with Crippen molar-refractivity contribution in [3.63, 3.8) is 0 Å². The molecule has 21 heavy (non-hydrogen) atoms. The third-order valence-corrected chi connectivity index (χ3v) is 3.49. The monoisotopic (exact) mass is 369 g/mol. The predicted molar refractivity (Wildman–Crippen MR) is 85.6 cm³/mol. The highest BCUT2D eigenvalue weighted by atomic mass is 79.9. The third-order valence-electron chi connectivity index (χ3n) is 2.67. The van der Waals surface area contributed by atoms with Gasteiger partial charge in [0.15, 0.2) is 6.61 Å². The van der Waals surface area contributed by atoms with E-state index in [0.717, 1.165) is 4.47 Å². The highest BCUT2D eigenvalue weighted by Crippen LogP contribution is 2.25. The van der Waals surface area contributed by atoms with Crippen molar-refractivity contribution < 1.29 is 14.6 Å². The van der Waals surface area contributed by atoms with Crippen LogP contribution in [0.4, 0.5) is 5.69 Å². The average molecular weight is 371 g/mol. The molecule has 2 rings (SSSR count). The van der Waals surface area contributed by atoms with Gasteiger partial charge in [-0.15, -0.1) is 0 Å². The van der Waals surface area contributed by atoms with Crippen molar-refractivity contribution in [2.75, 3.05) is 11.9 Å². The zero-order chi connectivity index (χ0) is 15.2. The molecular formula is C15H13BrClNO3. The van der Waals surface area contributed by atoms with Gasteiger partial charge in [0.1, 0.15) is 5.75 Å². The lowest BCUT2D eigenvalue weighted by atomic mass is 10.2. The first-order chi connectivity index (χ1) is 10.1. The molecule has 0 aliphatic heterocycles. The summed E-state index contributed by atoms with van der Waals surface area (Å²) >= 11 is 9.32. The van der Waals surface area contributed by atoms with Crippen LogP contribution < -0.4 is 10.1 Å². The summed E-state index contributed by atoms with van der Waals surface area (Å²) in [4.78, 5) is 11.8. The van der Waals surface area contributed by atoms with Crippen molar-refractivity contribution >= 4 is 39.1 Å². The van der Waals surface area contributed by atoms with E-state index < -0.39 is 0 Å². The summed E-state index contributed by atoms with van der Waals surface area (Å²) in [6.07, 6.45) is 0. The molecule has 0 aliphatic carbocycles. The van der Waals surface area contributed by atoms with Crippen molar-refractivity contribution in [3.8, 4) is 5.75 Å². The standard InChI is InChI=1S/C15H13BrClNO3/c16-11-2-4-12(5-3-11)18-15(20)9-21-14-6-1-10(8-19)7-13(14)17/h1-7,19H,8-9H2,(H,18,20). The van der Waals surface area contributed by atoms with Gasteiger partial charge in [-0.1, -0.05) is 33.6 Å². The maximum Gasteiger partial charge on any atom is 0.262 e. The number of rotatable bonds is 5. The number of aliphatic hydroxyl groups excluding tert-OH is 1. The molecule has 2 aromatic rings. The Bertz CT molecular complexity index is 631. The first-order valence-corrected chi connectivity index (χ1v) is 7.33. The number of ether oxygens (including phenoxy) is 1. The van der Waals surface area contributed by atoms with E-state index >= 15 is 0 Å². The number of anilines is 1. The predicted octanol–water partition coefficient (Wildman–Crippen LogP) is 3.61. The van der Waals surface area contributed by atoms with Gasteiger partial charge < -0.3 is 15.2 Å². The summed E-state index contributed by atoms with van der Waals surface area (Å²) in [5, 5.41) is 12.1. The number of hydrogen-bond donors (Lipinski definition) is 2. The molecular weight excluding hydrogens is 358 g/mol. The summed E-state index contributed by atoms with van der Waals surface area (Å²) in [6, 6.07) is 12.1. The van der Waals surface area contributed by atoms with Crippen LogP contribution in [0.5, 0.6) is 5.75 Å². The summed E-state index contributed by atoms with van der Waals surface area (Å²) in [5.41, 5.74) is 1.38. The highest BCUT2D eigenvalue weighted by Gasteiger charge is 2.07. The molecule has 0 saturated heterocycles. The minimum Gasteiger partial charge on any atom is -0.482 e. The fourth-order valence-electron chi connectivity index (χ4n) is 1.63. The van der Waals surface area contributed by atoms with Gasteiger partial charge in [0, 0.05) is 10.2 Å². The van der Waals surface area contributed by atoms with Gasteiger partial charge in [0.2, 0.25) is 0 Å². The van der Waals surface area contributed by atoms with Gasteiger partial charge in [0.25, 0.3) is 5.91 Å². The molecule has 6 heteroatoms. The van der Waals surface area contributed by atoms with Crippen molar-refractivity contribution in [1.82, 2.24) is 0 Å². The minimum absolute atomic E-state index is 0.0932. The zero-order valence-electron chi connectivity index (χ0n) is 11.0. The highest BCUT2D eigenvalue weighted by molar-refractivity contribution is 9.10. The lowest BCUT2D eigenvalue weighted by Crippen LogP contribution is -2.20. The molecule has 0 radical (unpaired) electrons.